The molecule has 0 saturated carbocycles. The van der Waals surface area contributed by atoms with Crippen molar-refractivity contribution >= 4 is 23.6 Å². The maximum atomic E-state index is 13.3. The molecule has 2 aliphatic rings. The molecule has 5 heteroatoms. The number of benzene rings is 1. The van der Waals surface area contributed by atoms with E-state index in [9.17, 15) is 9.59 Å². The van der Waals surface area contributed by atoms with Crippen LogP contribution < -0.4 is 0 Å². The molecule has 2 fully saturated rings. The normalized spacial score (nSPS) is 23.1. The maximum Gasteiger partial charge on any atom is 0.254 e. The van der Waals surface area contributed by atoms with Crippen LogP contribution in [0.15, 0.2) is 24.3 Å². The topological polar surface area (TPSA) is 40.6 Å². The molecule has 2 heterocycles. The van der Waals surface area contributed by atoms with Gasteiger partial charge in [0.1, 0.15) is 0 Å². The smallest absolute Gasteiger partial charge is 0.254 e. The molecule has 0 radical (unpaired) electrons. The quantitative estimate of drug-likeness (QED) is 0.809. The molecule has 142 valence electrons. The third kappa shape index (κ3) is 3.51. The van der Waals surface area contributed by atoms with E-state index < -0.39 is 4.75 Å². The first kappa shape index (κ1) is 19.3. The number of hydrogen-bond acceptors (Lipinski definition) is 3. The Morgan fingerprint density at radius 1 is 1.15 bits per heavy atom. The molecule has 0 spiro atoms. The molecule has 1 aromatic rings. The SMILES string of the molecule is CCc1ccccc1C(=O)N1C2CCCC1CN(C(=O)C(C)(C)SC)C2. The van der Waals surface area contributed by atoms with E-state index in [4.69, 9.17) is 0 Å². The van der Waals surface area contributed by atoms with Crippen LogP contribution in [0.5, 0.6) is 0 Å². The van der Waals surface area contributed by atoms with Crippen molar-refractivity contribution in [3.63, 3.8) is 0 Å². The molecule has 2 unspecified atom stereocenters. The molecule has 2 atom stereocenters. The van der Waals surface area contributed by atoms with Gasteiger partial charge in [-0.25, -0.2) is 0 Å². The van der Waals surface area contributed by atoms with Crippen molar-refractivity contribution in [3.8, 4) is 0 Å². The number of likely N-dealkylation sites (tertiary alicyclic amines) is 1. The van der Waals surface area contributed by atoms with Gasteiger partial charge in [-0.05, 0) is 57.4 Å². The molecule has 2 saturated heterocycles. The minimum Gasteiger partial charge on any atom is -0.337 e. The molecule has 2 bridgehead atoms. The molecule has 1 aromatic carbocycles. The van der Waals surface area contributed by atoms with Crippen molar-refractivity contribution in [1.82, 2.24) is 9.80 Å². The van der Waals surface area contributed by atoms with E-state index in [-0.39, 0.29) is 23.9 Å². The average molecular weight is 375 g/mol. The van der Waals surface area contributed by atoms with Gasteiger partial charge in [0.15, 0.2) is 0 Å². The fourth-order valence-corrected chi connectivity index (χ4v) is 4.55. The number of aryl methyl sites for hydroxylation is 1. The molecule has 2 amide bonds. The Hall–Kier alpha value is -1.49. The van der Waals surface area contributed by atoms with Crippen molar-refractivity contribution in [1.29, 1.82) is 0 Å². The predicted octanol–water partition coefficient (Wildman–Crippen LogP) is 3.60. The minimum absolute atomic E-state index is 0.140. The van der Waals surface area contributed by atoms with Crippen molar-refractivity contribution in [2.75, 3.05) is 19.3 Å². The Morgan fingerprint density at radius 2 is 1.77 bits per heavy atom. The van der Waals surface area contributed by atoms with Gasteiger partial charge >= 0.3 is 0 Å². The highest BCUT2D eigenvalue weighted by Crippen LogP contribution is 2.33. The minimum atomic E-state index is -0.407. The van der Waals surface area contributed by atoms with E-state index in [2.05, 4.69) is 11.8 Å². The molecule has 3 rings (SSSR count). The van der Waals surface area contributed by atoms with Crippen LogP contribution in [0, 0.1) is 0 Å². The zero-order chi connectivity index (χ0) is 18.9. The third-order valence-electron chi connectivity index (χ3n) is 5.90. The molecule has 0 N–H and O–H groups in total. The predicted molar refractivity (Wildman–Crippen MR) is 108 cm³/mol. The van der Waals surface area contributed by atoms with Gasteiger partial charge in [0.05, 0.1) is 4.75 Å². The monoisotopic (exact) mass is 374 g/mol. The number of thioether (sulfide) groups is 1. The summed E-state index contributed by atoms with van der Waals surface area (Å²) in [5.41, 5.74) is 1.94. The lowest BCUT2D eigenvalue weighted by Crippen LogP contribution is -2.65. The number of amides is 2. The van der Waals surface area contributed by atoms with Crippen molar-refractivity contribution in [2.24, 2.45) is 0 Å². The number of fused-ring (bicyclic) bond motifs is 2. The van der Waals surface area contributed by atoms with Gasteiger partial charge in [0.25, 0.3) is 5.91 Å². The van der Waals surface area contributed by atoms with Crippen LogP contribution in [0.1, 0.15) is 56.0 Å². The number of nitrogens with zero attached hydrogens (tertiary/aromatic N) is 2. The van der Waals surface area contributed by atoms with Gasteiger partial charge in [-0.15, -0.1) is 11.8 Å². The number of carbonyl (C=O) groups is 2. The lowest BCUT2D eigenvalue weighted by Gasteiger charge is -2.51. The lowest BCUT2D eigenvalue weighted by molar-refractivity contribution is -0.138. The number of rotatable bonds is 4. The summed E-state index contributed by atoms with van der Waals surface area (Å²) in [5, 5.41) is 0. The number of carbonyl (C=O) groups excluding carboxylic acids is 2. The fourth-order valence-electron chi connectivity index (χ4n) is 4.25. The van der Waals surface area contributed by atoms with E-state index in [0.717, 1.165) is 36.8 Å². The van der Waals surface area contributed by atoms with Crippen molar-refractivity contribution in [3.05, 3.63) is 35.4 Å². The Bertz CT molecular complexity index is 674. The summed E-state index contributed by atoms with van der Waals surface area (Å²) in [6.07, 6.45) is 5.96. The van der Waals surface area contributed by atoms with Crippen LogP contribution in [0.3, 0.4) is 0 Å². The van der Waals surface area contributed by atoms with Crippen LogP contribution in [0.25, 0.3) is 0 Å². The summed E-state index contributed by atoms with van der Waals surface area (Å²) >= 11 is 1.59. The lowest BCUT2D eigenvalue weighted by atomic mass is 9.89. The van der Waals surface area contributed by atoms with Gasteiger partial charge < -0.3 is 9.80 Å². The molecular formula is C21H30N2O2S. The second-order valence-corrected chi connectivity index (χ2v) is 9.32. The van der Waals surface area contributed by atoms with Gasteiger partial charge in [0.2, 0.25) is 5.91 Å². The summed E-state index contributed by atoms with van der Waals surface area (Å²) in [4.78, 5) is 30.4. The average Bonchev–Trinajstić information content (AvgIpc) is 2.65. The summed E-state index contributed by atoms with van der Waals surface area (Å²) in [6.45, 7) is 7.41. The Balaban J connectivity index is 1.83. The van der Waals surface area contributed by atoms with Gasteiger partial charge in [0, 0.05) is 30.7 Å². The molecular weight excluding hydrogens is 344 g/mol. The van der Waals surface area contributed by atoms with Crippen LogP contribution in [-0.4, -0.2) is 57.8 Å². The Labute approximate surface area is 161 Å². The Morgan fingerprint density at radius 3 is 2.35 bits per heavy atom. The van der Waals surface area contributed by atoms with Crippen molar-refractivity contribution < 1.29 is 9.59 Å². The van der Waals surface area contributed by atoms with E-state index in [0.29, 0.717) is 13.1 Å². The van der Waals surface area contributed by atoms with E-state index >= 15 is 0 Å². The summed E-state index contributed by atoms with van der Waals surface area (Å²) in [7, 11) is 0. The molecule has 4 nitrogen and oxygen atoms in total. The van der Waals surface area contributed by atoms with Crippen LogP contribution in [0.4, 0.5) is 0 Å². The first-order chi connectivity index (χ1) is 12.4. The number of hydrogen-bond donors (Lipinski definition) is 0. The zero-order valence-corrected chi connectivity index (χ0v) is 17.1. The molecule has 26 heavy (non-hydrogen) atoms. The first-order valence-corrected chi connectivity index (χ1v) is 10.9. The molecule has 0 aliphatic carbocycles. The highest BCUT2D eigenvalue weighted by atomic mass is 32.2. The summed E-state index contributed by atoms with van der Waals surface area (Å²) in [6, 6.07) is 8.22. The molecule has 2 aliphatic heterocycles. The second-order valence-electron chi connectivity index (χ2n) is 7.89. The standard InChI is InChI=1S/C21H30N2O2S/c1-5-15-9-6-7-12-18(15)19(24)23-16-10-8-11-17(23)14-22(13-16)20(25)21(2,3)26-4/h6-7,9,12,16-17H,5,8,10-11,13-14H2,1-4H3. The van der Waals surface area contributed by atoms with Gasteiger partial charge in [-0.3, -0.25) is 9.59 Å². The van der Waals surface area contributed by atoms with E-state index in [1.807, 2.05) is 49.3 Å². The second kappa shape index (κ2) is 7.63. The largest absolute Gasteiger partial charge is 0.337 e. The number of piperazine rings is 1. The Kier molecular flexibility index (Phi) is 5.66. The van der Waals surface area contributed by atoms with Gasteiger partial charge in [-0.2, -0.15) is 0 Å². The first-order valence-electron chi connectivity index (χ1n) is 9.64. The number of piperidine rings is 1. The molecule has 0 aromatic heterocycles. The summed E-state index contributed by atoms with van der Waals surface area (Å²) in [5.74, 6) is 0.344. The highest BCUT2D eigenvalue weighted by molar-refractivity contribution is 8.00. The maximum absolute atomic E-state index is 13.3. The van der Waals surface area contributed by atoms with Crippen molar-refractivity contribution in [2.45, 2.75) is 63.3 Å². The fraction of sp³-hybridized carbons (Fsp3) is 0.619. The summed E-state index contributed by atoms with van der Waals surface area (Å²) < 4.78 is -0.407. The van der Waals surface area contributed by atoms with Crippen LogP contribution in [0.2, 0.25) is 0 Å². The van der Waals surface area contributed by atoms with E-state index in [1.165, 1.54) is 0 Å². The van der Waals surface area contributed by atoms with Crippen LogP contribution in [-0.2, 0) is 11.2 Å². The van der Waals surface area contributed by atoms with Gasteiger partial charge in [-0.1, -0.05) is 25.1 Å². The third-order valence-corrected chi connectivity index (χ3v) is 7.09. The zero-order valence-electron chi connectivity index (χ0n) is 16.3. The highest BCUT2D eigenvalue weighted by Gasteiger charge is 2.44. The van der Waals surface area contributed by atoms with Crippen LogP contribution >= 0.6 is 11.8 Å². The van der Waals surface area contributed by atoms with E-state index in [1.54, 1.807) is 11.8 Å².